The lowest BCUT2D eigenvalue weighted by atomic mass is 10.1. The SMILES string of the molecule is COc1c(SC)cccc1C(F)(F)C=O. The van der Waals surface area contributed by atoms with E-state index in [-0.39, 0.29) is 12.0 Å². The zero-order valence-corrected chi connectivity index (χ0v) is 9.11. The van der Waals surface area contributed by atoms with E-state index in [1.807, 2.05) is 0 Å². The number of halogens is 2. The molecule has 0 aromatic heterocycles. The van der Waals surface area contributed by atoms with E-state index in [1.165, 1.54) is 31.0 Å². The van der Waals surface area contributed by atoms with Gasteiger partial charge in [-0.3, -0.25) is 4.79 Å². The van der Waals surface area contributed by atoms with Crippen LogP contribution in [-0.4, -0.2) is 19.7 Å². The lowest BCUT2D eigenvalue weighted by Crippen LogP contribution is -2.16. The van der Waals surface area contributed by atoms with Crippen molar-refractivity contribution in [3.63, 3.8) is 0 Å². The highest BCUT2D eigenvalue weighted by atomic mass is 32.2. The molecule has 0 aliphatic rings. The predicted molar refractivity (Wildman–Crippen MR) is 54.7 cm³/mol. The van der Waals surface area contributed by atoms with E-state index in [2.05, 4.69) is 0 Å². The molecule has 0 heterocycles. The smallest absolute Gasteiger partial charge is 0.331 e. The molecule has 1 aromatic carbocycles. The number of benzene rings is 1. The van der Waals surface area contributed by atoms with Gasteiger partial charge in [0.05, 0.1) is 12.7 Å². The first-order valence-electron chi connectivity index (χ1n) is 4.12. The normalized spacial score (nSPS) is 11.2. The Morgan fingerprint density at radius 2 is 2.13 bits per heavy atom. The van der Waals surface area contributed by atoms with E-state index in [0.29, 0.717) is 4.90 Å². The number of hydrogen-bond donors (Lipinski definition) is 0. The number of aldehydes is 1. The van der Waals surface area contributed by atoms with Crippen molar-refractivity contribution in [3.05, 3.63) is 23.8 Å². The van der Waals surface area contributed by atoms with Crippen LogP contribution in [-0.2, 0) is 10.7 Å². The van der Waals surface area contributed by atoms with Gasteiger partial charge in [0.25, 0.3) is 0 Å². The first-order valence-corrected chi connectivity index (χ1v) is 5.35. The highest BCUT2D eigenvalue weighted by molar-refractivity contribution is 7.98. The molecule has 0 N–H and O–H groups in total. The average Bonchev–Trinajstić information content (AvgIpc) is 2.27. The molecule has 0 spiro atoms. The van der Waals surface area contributed by atoms with Crippen LogP contribution in [0, 0.1) is 0 Å². The molecule has 5 heteroatoms. The molecular formula is C10H10F2O2S. The van der Waals surface area contributed by atoms with Crippen LogP contribution in [0.2, 0.25) is 0 Å². The number of thioether (sulfide) groups is 1. The van der Waals surface area contributed by atoms with Gasteiger partial charge in [-0.05, 0) is 18.4 Å². The summed E-state index contributed by atoms with van der Waals surface area (Å²) in [6, 6.07) is 4.32. The van der Waals surface area contributed by atoms with Gasteiger partial charge in [-0.2, -0.15) is 8.78 Å². The topological polar surface area (TPSA) is 26.3 Å². The minimum atomic E-state index is -3.50. The minimum absolute atomic E-state index is 0.0575. The van der Waals surface area contributed by atoms with Crippen LogP contribution in [0.25, 0.3) is 0 Å². The molecule has 0 fully saturated rings. The van der Waals surface area contributed by atoms with Crippen molar-refractivity contribution in [3.8, 4) is 5.75 Å². The maximum absolute atomic E-state index is 13.2. The van der Waals surface area contributed by atoms with Crippen molar-refractivity contribution < 1.29 is 18.3 Å². The molecule has 0 unspecified atom stereocenters. The number of alkyl halides is 2. The van der Waals surface area contributed by atoms with Crippen LogP contribution >= 0.6 is 11.8 Å². The lowest BCUT2D eigenvalue weighted by Gasteiger charge is -2.15. The Bertz CT molecular complexity index is 366. The van der Waals surface area contributed by atoms with Crippen LogP contribution in [0.15, 0.2) is 23.1 Å². The zero-order valence-electron chi connectivity index (χ0n) is 8.29. The maximum atomic E-state index is 13.2. The van der Waals surface area contributed by atoms with Crippen LogP contribution in [0.3, 0.4) is 0 Å². The van der Waals surface area contributed by atoms with E-state index >= 15 is 0 Å². The molecular weight excluding hydrogens is 222 g/mol. The molecule has 0 aliphatic heterocycles. The van der Waals surface area contributed by atoms with Crippen molar-refractivity contribution in [1.29, 1.82) is 0 Å². The molecule has 0 radical (unpaired) electrons. The van der Waals surface area contributed by atoms with Gasteiger partial charge in [-0.1, -0.05) is 6.07 Å². The second-order valence-electron chi connectivity index (χ2n) is 2.78. The van der Waals surface area contributed by atoms with E-state index in [1.54, 1.807) is 12.3 Å². The van der Waals surface area contributed by atoms with Crippen molar-refractivity contribution in [1.82, 2.24) is 0 Å². The monoisotopic (exact) mass is 232 g/mol. The summed E-state index contributed by atoms with van der Waals surface area (Å²) >= 11 is 1.29. The maximum Gasteiger partial charge on any atom is 0.331 e. The first-order chi connectivity index (χ1) is 7.06. The van der Waals surface area contributed by atoms with Crippen molar-refractivity contribution in [2.45, 2.75) is 10.8 Å². The Kier molecular flexibility index (Phi) is 3.68. The molecule has 0 amide bonds. The zero-order chi connectivity index (χ0) is 11.5. The Balaban J connectivity index is 3.35. The van der Waals surface area contributed by atoms with Crippen molar-refractivity contribution in [2.75, 3.05) is 13.4 Å². The molecule has 15 heavy (non-hydrogen) atoms. The molecule has 1 rings (SSSR count). The minimum Gasteiger partial charge on any atom is -0.495 e. The van der Waals surface area contributed by atoms with E-state index in [9.17, 15) is 13.6 Å². The van der Waals surface area contributed by atoms with Crippen LogP contribution in [0.4, 0.5) is 8.78 Å². The van der Waals surface area contributed by atoms with Gasteiger partial charge in [0.15, 0.2) is 6.29 Å². The summed E-state index contributed by atoms with van der Waals surface area (Å²) in [5.41, 5.74) is -0.396. The summed E-state index contributed by atoms with van der Waals surface area (Å²) in [6.07, 6.45) is 1.37. The largest absolute Gasteiger partial charge is 0.495 e. The van der Waals surface area contributed by atoms with Gasteiger partial charge < -0.3 is 4.74 Å². The average molecular weight is 232 g/mol. The molecule has 2 nitrogen and oxygen atoms in total. The molecule has 1 aromatic rings. The van der Waals surface area contributed by atoms with Gasteiger partial charge in [0, 0.05) is 4.90 Å². The second-order valence-corrected chi connectivity index (χ2v) is 3.63. The number of carbonyl (C=O) groups is 1. The molecule has 0 atom stereocenters. The summed E-state index contributed by atoms with van der Waals surface area (Å²) < 4.78 is 31.3. The van der Waals surface area contributed by atoms with E-state index < -0.39 is 11.5 Å². The third-order valence-corrected chi connectivity index (χ3v) is 2.67. The van der Waals surface area contributed by atoms with Crippen LogP contribution in [0.1, 0.15) is 5.56 Å². The molecule has 0 bridgehead atoms. The number of rotatable bonds is 4. The number of ether oxygens (including phenoxy) is 1. The fraction of sp³-hybridized carbons (Fsp3) is 0.300. The predicted octanol–water partition coefficient (Wildman–Crippen LogP) is 2.71. The van der Waals surface area contributed by atoms with Crippen LogP contribution < -0.4 is 4.74 Å². The quantitative estimate of drug-likeness (QED) is 0.589. The lowest BCUT2D eigenvalue weighted by molar-refractivity contribution is -0.130. The van der Waals surface area contributed by atoms with Gasteiger partial charge in [0.1, 0.15) is 5.75 Å². The molecule has 0 saturated carbocycles. The highest BCUT2D eigenvalue weighted by Crippen LogP contribution is 2.38. The summed E-state index contributed by atoms with van der Waals surface area (Å²) in [6.45, 7) is 0. The van der Waals surface area contributed by atoms with Crippen molar-refractivity contribution >= 4 is 18.0 Å². The Morgan fingerprint density at radius 3 is 2.60 bits per heavy atom. The highest BCUT2D eigenvalue weighted by Gasteiger charge is 2.35. The van der Waals surface area contributed by atoms with Gasteiger partial charge in [-0.15, -0.1) is 11.8 Å². The Labute approximate surface area is 90.6 Å². The van der Waals surface area contributed by atoms with E-state index in [0.717, 1.165) is 0 Å². The fourth-order valence-electron chi connectivity index (χ4n) is 1.21. The number of methoxy groups -OCH3 is 1. The molecule has 0 saturated heterocycles. The Hall–Kier alpha value is -1.10. The summed E-state index contributed by atoms with van der Waals surface area (Å²) in [7, 11) is 1.30. The number of carbonyl (C=O) groups excluding carboxylic acids is 1. The second kappa shape index (κ2) is 4.61. The molecule has 0 aliphatic carbocycles. The summed E-state index contributed by atoms with van der Waals surface area (Å²) in [5, 5.41) is 0. The number of hydrogen-bond acceptors (Lipinski definition) is 3. The van der Waals surface area contributed by atoms with Crippen molar-refractivity contribution in [2.24, 2.45) is 0 Å². The van der Waals surface area contributed by atoms with Gasteiger partial charge in [-0.25, -0.2) is 0 Å². The number of para-hydroxylation sites is 1. The van der Waals surface area contributed by atoms with E-state index in [4.69, 9.17) is 4.74 Å². The van der Waals surface area contributed by atoms with Gasteiger partial charge in [0.2, 0.25) is 0 Å². The summed E-state index contributed by atoms with van der Waals surface area (Å²) in [5.74, 6) is -3.45. The first kappa shape index (κ1) is 12.0. The standard InChI is InChI=1S/C10H10F2O2S/c1-14-9-7(10(11,12)6-13)4-3-5-8(9)15-2/h3-6H,1-2H3. The van der Waals surface area contributed by atoms with Gasteiger partial charge >= 0.3 is 5.92 Å². The third kappa shape index (κ3) is 2.28. The summed E-state index contributed by atoms with van der Waals surface area (Å²) in [4.78, 5) is 10.9. The molecule has 82 valence electrons. The fourth-order valence-corrected chi connectivity index (χ4v) is 1.81. The third-order valence-electron chi connectivity index (χ3n) is 1.91. The Morgan fingerprint density at radius 1 is 1.47 bits per heavy atom. The van der Waals surface area contributed by atoms with Crippen LogP contribution in [0.5, 0.6) is 5.75 Å².